The zero-order valence-corrected chi connectivity index (χ0v) is 9.55. The van der Waals surface area contributed by atoms with Gasteiger partial charge in [-0.2, -0.15) is 0 Å². The van der Waals surface area contributed by atoms with Crippen LogP contribution in [0.1, 0.15) is 52.4 Å². The Morgan fingerprint density at radius 2 is 1.21 bits per heavy atom. The lowest BCUT2D eigenvalue weighted by molar-refractivity contribution is 0.294. The average Bonchev–Trinajstić information content (AvgIpc) is 2.91. The van der Waals surface area contributed by atoms with E-state index in [-0.39, 0.29) is 0 Å². The van der Waals surface area contributed by atoms with E-state index in [9.17, 15) is 0 Å². The summed E-state index contributed by atoms with van der Waals surface area (Å²) < 4.78 is 0. The smallest absolute Gasteiger partial charge is 0.00708 e. The van der Waals surface area contributed by atoms with E-state index in [4.69, 9.17) is 0 Å². The Kier molecular flexibility index (Phi) is 3.45. The highest BCUT2D eigenvalue weighted by molar-refractivity contribution is 4.88. The Morgan fingerprint density at radius 1 is 0.786 bits per heavy atom. The molecule has 2 saturated carbocycles. The molecule has 0 spiro atoms. The average molecular weight is 196 g/mol. The second-order valence-corrected chi connectivity index (χ2v) is 5.31. The molecule has 2 nitrogen and oxygen atoms in total. The third kappa shape index (κ3) is 3.25. The van der Waals surface area contributed by atoms with Crippen molar-refractivity contribution >= 4 is 0 Å². The van der Waals surface area contributed by atoms with Crippen LogP contribution in [0.3, 0.4) is 0 Å². The maximum atomic E-state index is 3.74. The van der Waals surface area contributed by atoms with Gasteiger partial charge in [0.05, 0.1) is 0 Å². The van der Waals surface area contributed by atoms with Gasteiger partial charge in [-0.05, 0) is 38.5 Å². The molecule has 0 aromatic carbocycles. The van der Waals surface area contributed by atoms with E-state index in [0.717, 1.165) is 18.1 Å². The molecule has 0 heterocycles. The van der Waals surface area contributed by atoms with E-state index >= 15 is 0 Å². The molecule has 2 heteroatoms. The van der Waals surface area contributed by atoms with Gasteiger partial charge in [0.15, 0.2) is 0 Å². The molecule has 2 N–H and O–H groups in total. The van der Waals surface area contributed by atoms with Crippen LogP contribution in [0.25, 0.3) is 0 Å². The van der Waals surface area contributed by atoms with E-state index in [1.807, 2.05) is 0 Å². The number of hydrogen-bond acceptors (Lipinski definition) is 2. The van der Waals surface area contributed by atoms with Crippen LogP contribution in [0.15, 0.2) is 0 Å². The second-order valence-electron chi connectivity index (χ2n) is 5.31. The topological polar surface area (TPSA) is 24.1 Å². The predicted octanol–water partition coefficient (Wildman–Crippen LogP) is 2.05. The molecule has 0 bridgehead atoms. The SMILES string of the molecule is CC(C)N[C@H]1CC[C@@H](NC2CC2)CC1. The van der Waals surface area contributed by atoms with Crippen LogP contribution in [0.5, 0.6) is 0 Å². The lowest BCUT2D eigenvalue weighted by Crippen LogP contribution is -2.42. The summed E-state index contributed by atoms with van der Waals surface area (Å²) in [5.41, 5.74) is 0. The van der Waals surface area contributed by atoms with Gasteiger partial charge in [-0.15, -0.1) is 0 Å². The van der Waals surface area contributed by atoms with Crippen LogP contribution in [0, 0.1) is 0 Å². The molecule has 14 heavy (non-hydrogen) atoms. The van der Waals surface area contributed by atoms with Gasteiger partial charge >= 0.3 is 0 Å². The fourth-order valence-electron chi connectivity index (χ4n) is 2.48. The van der Waals surface area contributed by atoms with Gasteiger partial charge in [0.25, 0.3) is 0 Å². The van der Waals surface area contributed by atoms with Gasteiger partial charge in [0.2, 0.25) is 0 Å². The molecule has 0 aromatic rings. The fourth-order valence-corrected chi connectivity index (χ4v) is 2.48. The Balaban J connectivity index is 1.63. The van der Waals surface area contributed by atoms with Crippen molar-refractivity contribution < 1.29 is 0 Å². The van der Waals surface area contributed by atoms with Crippen LogP contribution in [0.4, 0.5) is 0 Å². The van der Waals surface area contributed by atoms with Gasteiger partial charge < -0.3 is 10.6 Å². The number of rotatable bonds is 4. The van der Waals surface area contributed by atoms with Crippen LogP contribution in [0.2, 0.25) is 0 Å². The number of nitrogens with one attached hydrogen (secondary N) is 2. The third-order valence-electron chi connectivity index (χ3n) is 3.34. The molecule has 0 aromatic heterocycles. The first-order valence-electron chi connectivity index (χ1n) is 6.26. The molecule has 0 aliphatic heterocycles. The second kappa shape index (κ2) is 4.63. The van der Waals surface area contributed by atoms with Gasteiger partial charge in [-0.25, -0.2) is 0 Å². The monoisotopic (exact) mass is 196 g/mol. The molecule has 2 rings (SSSR count). The lowest BCUT2D eigenvalue weighted by Gasteiger charge is -2.31. The molecule has 0 unspecified atom stereocenters. The minimum Gasteiger partial charge on any atom is -0.312 e. The number of hydrogen-bond donors (Lipinski definition) is 2. The molecule has 0 amide bonds. The normalized spacial score (nSPS) is 33.6. The van der Waals surface area contributed by atoms with Crippen molar-refractivity contribution in [2.24, 2.45) is 0 Å². The summed E-state index contributed by atoms with van der Waals surface area (Å²) >= 11 is 0. The van der Waals surface area contributed by atoms with Crippen LogP contribution in [-0.4, -0.2) is 24.2 Å². The van der Waals surface area contributed by atoms with Crippen molar-refractivity contribution in [2.75, 3.05) is 0 Å². The molecule has 2 aliphatic carbocycles. The quantitative estimate of drug-likeness (QED) is 0.719. The zero-order valence-electron chi connectivity index (χ0n) is 9.55. The summed E-state index contributed by atoms with van der Waals surface area (Å²) in [5, 5.41) is 7.38. The van der Waals surface area contributed by atoms with Gasteiger partial charge in [-0.3, -0.25) is 0 Å². The summed E-state index contributed by atoms with van der Waals surface area (Å²) in [6, 6.07) is 3.14. The predicted molar refractivity (Wildman–Crippen MR) is 60.5 cm³/mol. The van der Waals surface area contributed by atoms with Crippen molar-refractivity contribution in [3.8, 4) is 0 Å². The molecular formula is C12H24N2. The van der Waals surface area contributed by atoms with Crippen molar-refractivity contribution in [2.45, 2.75) is 76.5 Å². The molecule has 0 radical (unpaired) electrons. The zero-order chi connectivity index (χ0) is 9.97. The Morgan fingerprint density at radius 3 is 1.64 bits per heavy atom. The van der Waals surface area contributed by atoms with Crippen LogP contribution < -0.4 is 10.6 Å². The van der Waals surface area contributed by atoms with Crippen LogP contribution in [-0.2, 0) is 0 Å². The molecule has 2 fully saturated rings. The Labute approximate surface area is 87.8 Å². The minimum atomic E-state index is 0.646. The highest BCUT2D eigenvalue weighted by atomic mass is 15.0. The lowest BCUT2D eigenvalue weighted by atomic mass is 9.91. The minimum absolute atomic E-state index is 0.646. The van der Waals surface area contributed by atoms with Crippen molar-refractivity contribution in [3.63, 3.8) is 0 Å². The third-order valence-corrected chi connectivity index (χ3v) is 3.34. The molecular weight excluding hydrogens is 172 g/mol. The summed E-state index contributed by atoms with van der Waals surface area (Å²) in [7, 11) is 0. The fraction of sp³-hybridized carbons (Fsp3) is 1.00. The molecule has 0 saturated heterocycles. The van der Waals surface area contributed by atoms with E-state index in [1.54, 1.807) is 0 Å². The maximum Gasteiger partial charge on any atom is 0.00708 e. The standard InChI is InChI=1S/C12H24N2/c1-9(2)13-10-3-5-11(6-4-10)14-12-7-8-12/h9-14H,3-8H2,1-2H3/t10-,11+. The first-order chi connectivity index (χ1) is 6.74. The van der Waals surface area contributed by atoms with Gasteiger partial charge in [0, 0.05) is 24.2 Å². The first kappa shape index (κ1) is 10.4. The Hall–Kier alpha value is -0.0800. The van der Waals surface area contributed by atoms with Crippen molar-refractivity contribution in [3.05, 3.63) is 0 Å². The highest BCUT2D eigenvalue weighted by Crippen LogP contribution is 2.25. The summed E-state index contributed by atoms with van der Waals surface area (Å²) in [5.74, 6) is 0. The molecule has 0 atom stereocenters. The van der Waals surface area contributed by atoms with Crippen LogP contribution >= 0.6 is 0 Å². The summed E-state index contributed by atoms with van der Waals surface area (Å²) in [6.07, 6.45) is 8.32. The van der Waals surface area contributed by atoms with Gasteiger partial charge in [0.1, 0.15) is 0 Å². The molecule has 82 valence electrons. The van der Waals surface area contributed by atoms with E-state index < -0.39 is 0 Å². The largest absolute Gasteiger partial charge is 0.312 e. The van der Waals surface area contributed by atoms with E-state index in [0.29, 0.717) is 6.04 Å². The maximum absolute atomic E-state index is 3.74. The van der Waals surface area contributed by atoms with Crippen molar-refractivity contribution in [1.82, 2.24) is 10.6 Å². The van der Waals surface area contributed by atoms with Gasteiger partial charge in [-0.1, -0.05) is 13.8 Å². The summed E-state index contributed by atoms with van der Waals surface area (Å²) in [4.78, 5) is 0. The van der Waals surface area contributed by atoms with Crippen molar-refractivity contribution in [1.29, 1.82) is 0 Å². The highest BCUT2D eigenvalue weighted by Gasteiger charge is 2.27. The molecule has 2 aliphatic rings. The van der Waals surface area contributed by atoms with E-state index in [1.165, 1.54) is 38.5 Å². The Bertz CT molecular complexity index is 155. The summed E-state index contributed by atoms with van der Waals surface area (Å²) in [6.45, 7) is 4.49. The van der Waals surface area contributed by atoms with E-state index in [2.05, 4.69) is 24.5 Å². The first-order valence-corrected chi connectivity index (χ1v) is 6.26.